The summed E-state index contributed by atoms with van der Waals surface area (Å²) >= 11 is 0. The van der Waals surface area contributed by atoms with Gasteiger partial charge < -0.3 is 11.1 Å². The van der Waals surface area contributed by atoms with Gasteiger partial charge >= 0.3 is 0 Å². The van der Waals surface area contributed by atoms with Gasteiger partial charge in [-0.05, 0) is 24.6 Å². The summed E-state index contributed by atoms with van der Waals surface area (Å²) in [6.07, 6.45) is 0. The fraction of sp³-hybridized carbons (Fsp3) is 0.273. The third kappa shape index (κ3) is 3.09. The molecule has 0 aliphatic heterocycles. The van der Waals surface area contributed by atoms with Gasteiger partial charge in [-0.3, -0.25) is 9.59 Å². The molecular weight excluding hydrogens is 192 g/mol. The number of benzene rings is 1. The number of hydrogen-bond donors (Lipinski definition) is 2. The van der Waals surface area contributed by atoms with Crippen LogP contribution in [0.3, 0.4) is 0 Å². The second-order valence-electron chi connectivity index (χ2n) is 3.43. The summed E-state index contributed by atoms with van der Waals surface area (Å²) < 4.78 is 0. The Kier molecular flexibility index (Phi) is 3.44. The molecule has 0 saturated heterocycles. The van der Waals surface area contributed by atoms with Crippen LogP contribution < -0.4 is 11.1 Å². The SMILES string of the molecule is CC(=O)Nc1cccc(C(C)C(N)=O)c1. The maximum Gasteiger partial charge on any atom is 0.224 e. The zero-order valence-electron chi connectivity index (χ0n) is 8.78. The molecule has 0 spiro atoms. The van der Waals surface area contributed by atoms with Crippen molar-refractivity contribution in [3.05, 3.63) is 29.8 Å². The zero-order chi connectivity index (χ0) is 11.4. The maximum atomic E-state index is 11.0. The second kappa shape index (κ2) is 4.59. The van der Waals surface area contributed by atoms with E-state index in [0.29, 0.717) is 5.69 Å². The van der Waals surface area contributed by atoms with E-state index in [9.17, 15) is 9.59 Å². The van der Waals surface area contributed by atoms with Crippen molar-refractivity contribution in [2.75, 3.05) is 5.32 Å². The topological polar surface area (TPSA) is 72.2 Å². The van der Waals surface area contributed by atoms with Gasteiger partial charge in [0.15, 0.2) is 0 Å². The van der Waals surface area contributed by atoms with E-state index in [-0.39, 0.29) is 17.7 Å². The second-order valence-corrected chi connectivity index (χ2v) is 3.43. The van der Waals surface area contributed by atoms with Crippen molar-refractivity contribution in [3.63, 3.8) is 0 Å². The first-order chi connectivity index (χ1) is 7.00. The van der Waals surface area contributed by atoms with Gasteiger partial charge in [-0.25, -0.2) is 0 Å². The van der Waals surface area contributed by atoms with Crippen molar-refractivity contribution >= 4 is 17.5 Å². The van der Waals surface area contributed by atoms with E-state index in [1.165, 1.54) is 6.92 Å². The van der Waals surface area contributed by atoms with E-state index < -0.39 is 0 Å². The summed E-state index contributed by atoms with van der Waals surface area (Å²) in [4.78, 5) is 21.8. The molecule has 1 unspecified atom stereocenters. The van der Waals surface area contributed by atoms with Crippen molar-refractivity contribution in [3.8, 4) is 0 Å². The van der Waals surface area contributed by atoms with Crippen molar-refractivity contribution in [2.24, 2.45) is 5.73 Å². The Morgan fingerprint density at radius 2 is 2.07 bits per heavy atom. The highest BCUT2D eigenvalue weighted by Crippen LogP contribution is 2.18. The van der Waals surface area contributed by atoms with Crippen molar-refractivity contribution < 1.29 is 9.59 Å². The van der Waals surface area contributed by atoms with Crippen LogP contribution in [0.15, 0.2) is 24.3 Å². The van der Waals surface area contributed by atoms with Gasteiger partial charge in [0.05, 0.1) is 5.92 Å². The Morgan fingerprint density at radius 3 is 2.60 bits per heavy atom. The van der Waals surface area contributed by atoms with Crippen LogP contribution in [0.5, 0.6) is 0 Å². The molecule has 2 amide bonds. The van der Waals surface area contributed by atoms with E-state index >= 15 is 0 Å². The molecule has 4 nitrogen and oxygen atoms in total. The predicted molar refractivity (Wildman–Crippen MR) is 58.4 cm³/mol. The number of anilines is 1. The minimum atomic E-state index is -0.380. The average molecular weight is 206 g/mol. The third-order valence-electron chi connectivity index (χ3n) is 2.13. The Balaban J connectivity index is 2.92. The molecule has 0 aromatic heterocycles. The molecule has 0 aliphatic carbocycles. The number of rotatable bonds is 3. The average Bonchev–Trinajstić information content (AvgIpc) is 2.16. The monoisotopic (exact) mass is 206 g/mol. The van der Waals surface area contributed by atoms with Crippen LogP contribution in [-0.2, 0) is 9.59 Å². The van der Waals surface area contributed by atoms with Crippen LogP contribution in [0, 0.1) is 0 Å². The maximum absolute atomic E-state index is 11.0. The van der Waals surface area contributed by atoms with Gasteiger partial charge in [-0.1, -0.05) is 12.1 Å². The van der Waals surface area contributed by atoms with Gasteiger partial charge in [-0.15, -0.1) is 0 Å². The molecule has 0 heterocycles. The van der Waals surface area contributed by atoms with Crippen molar-refractivity contribution in [1.82, 2.24) is 0 Å². The molecule has 0 radical (unpaired) electrons. The number of hydrogen-bond acceptors (Lipinski definition) is 2. The number of nitrogens with one attached hydrogen (secondary N) is 1. The van der Waals surface area contributed by atoms with Gasteiger partial charge in [0.25, 0.3) is 0 Å². The summed E-state index contributed by atoms with van der Waals surface area (Å²) in [5.41, 5.74) is 6.67. The minimum absolute atomic E-state index is 0.140. The summed E-state index contributed by atoms with van der Waals surface area (Å²) in [6.45, 7) is 3.17. The molecule has 80 valence electrons. The van der Waals surface area contributed by atoms with Gasteiger partial charge in [0.1, 0.15) is 0 Å². The lowest BCUT2D eigenvalue weighted by molar-refractivity contribution is -0.119. The van der Waals surface area contributed by atoms with E-state index in [0.717, 1.165) is 5.56 Å². The molecule has 1 aromatic rings. The summed E-state index contributed by atoms with van der Waals surface area (Å²) in [5.74, 6) is -0.868. The first-order valence-electron chi connectivity index (χ1n) is 4.67. The van der Waals surface area contributed by atoms with Gasteiger partial charge in [-0.2, -0.15) is 0 Å². The lowest BCUT2D eigenvalue weighted by Gasteiger charge is -2.09. The Morgan fingerprint density at radius 1 is 1.40 bits per heavy atom. The first-order valence-corrected chi connectivity index (χ1v) is 4.67. The molecule has 1 rings (SSSR count). The molecule has 0 saturated carbocycles. The first kappa shape index (κ1) is 11.2. The highest BCUT2D eigenvalue weighted by molar-refractivity contribution is 5.89. The van der Waals surface area contributed by atoms with Crippen molar-refractivity contribution in [2.45, 2.75) is 19.8 Å². The van der Waals surface area contributed by atoms with Gasteiger partial charge in [0.2, 0.25) is 11.8 Å². The number of primary amides is 1. The molecule has 0 fully saturated rings. The largest absolute Gasteiger partial charge is 0.369 e. The van der Waals surface area contributed by atoms with Crippen LogP contribution in [0.2, 0.25) is 0 Å². The molecule has 3 N–H and O–H groups in total. The molecule has 1 atom stereocenters. The standard InChI is InChI=1S/C11H14N2O2/c1-7(11(12)15)9-4-3-5-10(6-9)13-8(2)14/h3-7H,1-2H3,(H2,12,15)(H,13,14). The smallest absolute Gasteiger partial charge is 0.224 e. The molecular formula is C11H14N2O2. The van der Waals surface area contributed by atoms with Crippen LogP contribution in [0.1, 0.15) is 25.3 Å². The van der Waals surface area contributed by atoms with Crippen LogP contribution >= 0.6 is 0 Å². The number of nitrogens with two attached hydrogens (primary N) is 1. The lowest BCUT2D eigenvalue weighted by atomic mass is 10.0. The van der Waals surface area contributed by atoms with E-state index in [2.05, 4.69) is 5.32 Å². The quantitative estimate of drug-likeness (QED) is 0.780. The van der Waals surface area contributed by atoms with Crippen LogP contribution in [0.4, 0.5) is 5.69 Å². The fourth-order valence-electron chi connectivity index (χ4n) is 1.25. The fourth-order valence-corrected chi connectivity index (χ4v) is 1.25. The summed E-state index contributed by atoms with van der Waals surface area (Å²) in [7, 11) is 0. The van der Waals surface area contributed by atoms with Gasteiger partial charge in [0, 0.05) is 12.6 Å². The third-order valence-corrected chi connectivity index (χ3v) is 2.13. The molecule has 1 aromatic carbocycles. The number of carbonyl (C=O) groups is 2. The van der Waals surface area contributed by atoms with E-state index in [1.54, 1.807) is 31.2 Å². The Labute approximate surface area is 88.5 Å². The normalized spacial score (nSPS) is 11.9. The van der Waals surface area contributed by atoms with E-state index in [4.69, 9.17) is 5.73 Å². The lowest BCUT2D eigenvalue weighted by Crippen LogP contribution is -2.18. The molecule has 4 heteroatoms. The van der Waals surface area contributed by atoms with Crippen molar-refractivity contribution in [1.29, 1.82) is 0 Å². The predicted octanol–water partition coefficient (Wildman–Crippen LogP) is 1.23. The van der Waals surface area contributed by atoms with E-state index in [1.807, 2.05) is 0 Å². The molecule has 15 heavy (non-hydrogen) atoms. The summed E-state index contributed by atoms with van der Waals surface area (Å²) in [6, 6.07) is 7.09. The Hall–Kier alpha value is -1.84. The zero-order valence-corrected chi connectivity index (χ0v) is 8.78. The van der Waals surface area contributed by atoms with Crippen LogP contribution in [0.25, 0.3) is 0 Å². The highest BCUT2D eigenvalue weighted by atomic mass is 16.1. The highest BCUT2D eigenvalue weighted by Gasteiger charge is 2.11. The minimum Gasteiger partial charge on any atom is -0.369 e. The van der Waals surface area contributed by atoms with Crippen LogP contribution in [-0.4, -0.2) is 11.8 Å². The number of carbonyl (C=O) groups excluding carboxylic acids is 2. The Bertz CT molecular complexity index is 388. The number of amides is 2. The summed E-state index contributed by atoms with van der Waals surface area (Å²) in [5, 5.41) is 2.65. The molecule has 0 bridgehead atoms. The molecule has 0 aliphatic rings.